The number of carbonyl (C=O) groups is 1. The maximum absolute atomic E-state index is 11.0. The maximum atomic E-state index is 11.0. The summed E-state index contributed by atoms with van der Waals surface area (Å²) in [7, 11) is 0. The number of primary amides is 1. The van der Waals surface area contributed by atoms with Gasteiger partial charge in [0.1, 0.15) is 5.75 Å². The van der Waals surface area contributed by atoms with Gasteiger partial charge in [-0.15, -0.1) is 0 Å². The first-order valence-corrected chi connectivity index (χ1v) is 4.32. The topological polar surface area (TPSA) is 63.3 Å². The number of hydrogen-bond acceptors (Lipinski definition) is 2. The van der Waals surface area contributed by atoms with E-state index < -0.39 is 5.91 Å². The molecule has 0 spiro atoms. The zero-order chi connectivity index (χ0) is 9.42. The Morgan fingerprint density at radius 1 is 1.46 bits per heavy atom. The second kappa shape index (κ2) is 2.76. The lowest BCUT2D eigenvalue weighted by atomic mass is 10.0. The summed E-state index contributed by atoms with van der Waals surface area (Å²) in [6.45, 7) is 0. The van der Waals surface area contributed by atoms with Crippen LogP contribution in [0.3, 0.4) is 0 Å². The summed E-state index contributed by atoms with van der Waals surface area (Å²) < 4.78 is 0. The second-order valence-electron chi connectivity index (χ2n) is 3.38. The molecule has 0 bridgehead atoms. The van der Waals surface area contributed by atoms with Crippen LogP contribution in [0.15, 0.2) is 18.2 Å². The number of benzene rings is 1. The van der Waals surface area contributed by atoms with Gasteiger partial charge in [0.25, 0.3) is 0 Å². The molecule has 0 saturated heterocycles. The van der Waals surface area contributed by atoms with E-state index >= 15 is 0 Å². The van der Waals surface area contributed by atoms with Crippen LogP contribution in [0, 0.1) is 0 Å². The molecule has 1 aliphatic rings. The highest BCUT2D eigenvalue weighted by molar-refractivity contribution is 5.95. The average Bonchev–Trinajstić information content (AvgIpc) is 2.86. The molecule has 0 radical (unpaired) electrons. The molecule has 1 amide bonds. The fourth-order valence-electron chi connectivity index (χ4n) is 1.57. The van der Waals surface area contributed by atoms with Gasteiger partial charge in [0.05, 0.1) is 0 Å². The number of nitrogens with two attached hydrogens (primary N) is 1. The van der Waals surface area contributed by atoms with Crippen LogP contribution in [0.4, 0.5) is 0 Å². The van der Waals surface area contributed by atoms with Crippen molar-refractivity contribution in [3.63, 3.8) is 0 Å². The Bertz CT molecular complexity index is 356. The van der Waals surface area contributed by atoms with Gasteiger partial charge in [-0.2, -0.15) is 0 Å². The molecule has 13 heavy (non-hydrogen) atoms. The van der Waals surface area contributed by atoms with Crippen LogP contribution >= 0.6 is 0 Å². The first-order chi connectivity index (χ1) is 6.20. The number of phenols is 1. The van der Waals surface area contributed by atoms with Crippen molar-refractivity contribution < 1.29 is 9.90 Å². The summed E-state index contributed by atoms with van der Waals surface area (Å²) in [6.07, 6.45) is 2.08. The molecule has 0 aromatic heterocycles. The van der Waals surface area contributed by atoms with Crippen molar-refractivity contribution in [1.82, 2.24) is 0 Å². The molecule has 68 valence electrons. The summed E-state index contributed by atoms with van der Waals surface area (Å²) >= 11 is 0. The van der Waals surface area contributed by atoms with Crippen LogP contribution in [0.1, 0.15) is 34.7 Å². The molecule has 3 N–H and O–H groups in total. The van der Waals surface area contributed by atoms with E-state index in [4.69, 9.17) is 5.73 Å². The minimum atomic E-state index is -0.460. The van der Waals surface area contributed by atoms with E-state index in [1.54, 1.807) is 18.2 Å². The first-order valence-electron chi connectivity index (χ1n) is 4.32. The van der Waals surface area contributed by atoms with Gasteiger partial charge in [0, 0.05) is 11.1 Å². The van der Waals surface area contributed by atoms with Crippen molar-refractivity contribution in [2.24, 2.45) is 5.73 Å². The van der Waals surface area contributed by atoms with E-state index in [-0.39, 0.29) is 5.75 Å². The van der Waals surface area contributed by atoms with Gasteiger partial charge in [0.15, 0.2) is 0 Å². The number of carbonyl (C=O) groups excluding carboxylic acids is 1. The van der Waals surface area contributed by atoms with E-state index in [1.165, 1.54) is 0 Å². The highest BCUT2D eigenvalue weighted by atomic mass is 16.3. The largest absolute Gasteiger partial charge is 0.508 e. The van der Waals surface area contributed by atoms with Gasteiger partial charge in [-0.05, 0) is 30.9 Å². The number of rotatable bonds is 2. The average molecular weight is 177 g/mol. The van der Waals surface area contributed by atoms with E-state index in [0.717, 1.165) is 18.4 Å². The quantitative estimate of drug-likeness (QED) is 0.716. The molecule has 3 nitrogen and oxygen atoms in total. The molecule has 0 aliphatic heterocycles. The van der Waals surface area contributed by atoms with Crippen molar-refractivity contribution in [1.29, 1.82) is 0 Å². The third kappa shape index (κ3) is 1.37. The zero-order valence-electron chi connectivity index (χ0n) is 7.16. The van der Waals surface area contributed by atoms with E-state index in [2.05, 4.69) is 0 Å². The van der Waals surface area contributed by atoms with Crippen molar-refractivity contribution in [3.8, 4) is 5.75 Å². The first kappa shape index (κ1) is 8.10. The third-order valence-electron chi connectivity index (χ3n) is 2.33. The van der Waals surface area contributed by atoms with Crippen LogP contribution in [0.25, 0.3) is 0 Å². The normalized spacial score (nSPS) is 15.7. The van der Waals surface area contributed by atoms with E-state index in [9.17, 15) is 9.90 Å². The summed E-state index contributed by atoms with van der Waals surface area (Å²) in [5.41, 5.74) is 6.39. The molecule has 1 aromatic rings. The summed E-state index contributed by atoms with van der Waals surface area (Å²) in [6, 6.07) is 4.90. The molecule has 1 fully saturated rings. The Morgan fingerprint density at radius 2 is 2.15 bits per heavy atom. The number of phenolic OH excluding ortho intramolecular Hbond substituents is 1. The maximum Gasteiger partial charge on any atom is 0.249 e. The van der Waals surface area contributed by atoms with E-state index in [0.29, 0.717) is 11.5 Å². The minimum absolute atomic E-state index is 0.193. The predicted molar refractivity (Wildman–Crippen MR) is 48.6 cm³/mol. The van der Waals surface area contributed by atoms with Crippen molar-refractivity contribution in [2.75, 3.05) is 0 Å². The van der Waals surface area contributed by atoms with Gasteiger partial charge in [-0.1, -0.05) is 6.07 Å². The Labute approximate surface area is 76.2 Å². The third-order valence-corrected chi connectivity index (χ3v) is 2.33. The highest BCUT2D eigenvalue weighted by Crippen LogP contribution is 2.45. The van der Waals surface area contributed by atoms with Gasteiger partial charge in [-0.25, -0.2) is 0 Å². The summed E-state index contributed by atoms with van der Waals surface area (Å²) in [5.74, 6) is 0.0697. The molecule has 3 heteroatoms. The van der Waals surface area contributed by atoms with Crippen molar-refractivity contribution in [3.05, 3.63) is 29.3 Å². The van der Waals surface area contributed by atoms with E-state index in [1.807, 2.05) is 0 Å². The van der Waals surface area contributed by atoms with Crippen molar-refractivity contribution >= 4 is 5.91 Å². The summed E-state index contributed by atoms with van der Waals surface area (Å²) in [5, 5.41) is 9.54. The molecule has 1 aromatic carbocycles. The fraction of sp³-hybridized carbons (Fsp3) is 0.300. The number of aromatic hydroxyl groups is 1. The molecule has 1 aliphatic carbocycles. The Hall–Kier alpha value is -1.51. The lowest BCUT2D eigenvalue weighted by molar-refractivity contribution is 0.0999. The van der Waals surface area contributed by atoms with Gasteiger partial charge in [0.2, 0.25) is 5.91 Å². The summed E-state index contributed by atoms with van der Waals surface area (Å²) in [4.78, 5) is 11.0. The molecular formula is C10H11NO2. The monoisotopic (exact) mass is 177 g/mol. The molecular weight excluding hydrogens is 166 g/mol. The van der Waals surface area contributed by atoms with Gasteiger partial charge >= 0.3 is 0 Å². The molecule has 2 rings (SSSR count). The minimum Gasteiger partial charge on any atom is -0.508 e. The number of amides is 1. The SMILES string of the molecule is NC(=O)c1cccc(O)c1C1CC1. The van der Waals surface area contributed by atoms with Crippen LogP contribution in [0.2, 0.25) is 0 Å². The lowest BCUT2D eigenvalue weighted by Crippen LogP contribution is -2.13. The molecule has 0 unspecified atom stereocenters. The Balaban J connectivity index is 2.53. The predicted octanol–water partition coefficient (Wildman–Crippen LogP) is 1.37. The Morgan fingerprint density at radius 3 is 2.69 bits per heavy atom. The van der Waals surface area contributed by atoms with Crippen LogP contribution < -0.4 is 5.73 Å². The highest BCUT2D eigenvalue weighted by Gasteiger charge is 2.29. The molecule has 1 saturated carbocycles. The van der Waals surface area contributed by atoms with Crippen LogP contribution in [0.5, 0.6) is 5.75 Å². The molecule has 0 heterocycles. The van der Waals surface area contributed by atoms with Gasteiger partial charge in [-0.3, -0.25) is 4.79 Å². The zero-order valence-corrected chi connectivity index (χ0v) is 7.16. The van der Waals surface area contributed by atoms with Crippen molar-refractivity contribution in [2.45, 2.75) is 18.8 Å². The second-order valence-corrected chi connectivity index (χ2v) is 3.38. The lowest BCUT2D eigenvalue weighted by Gasteiger charge is -2.06. The Kier molecular flexibility index (Phi) is 1.72. The standard InChI is InChI=1S/C10H11NO2/c11-10(13)7-2-1-3-8(12)9(7)6-4-5-6/h1-3,6,12H,4-5H2,(H2,11,13). The van der Waals surface area contributed by atoms with Crippen LogP contribution in [-0.2, 0) is 0 Å². The molecule has 0 atom stereocenters. The van der Waals surface area contributed by atoms with Gasteiger partial charge < -0.3 is 10.8 Å². The number of hydrogen-bond donors (Lipinski definition) is 2. The smallest absolute Gasteiger partial charge is 0.249 e. The van der Waals surface area contributed by atoms with Crippen LogP contribution in [-0.4, -0.2) is 11.0 Å². The fourth-order valence-corrected chi connectivity index (χ4v) is 1.57.